The predicted molar refractivity (Wildman–Crippen MR) is 103 cm³/mol. The molecular weight excluding hydrogens is 328 g/mol. The number of carbonyl (C=O) groups is 1. The van der Waals surface area contributed by atoms with Crippen LogP contribution in [0.15, 0.2) is 24.3 Å². The van der Waals surface area contributed by atoms with E-state index in [0.29, 0.717) is 25.2 Å². The average Bonchev–Trinajstić information content (AvgIpc) is 2.70. The fourth-order valence-corrected chi connectivity index (χ4v) is 4.11. The molecule has 0 saturated carbocycles. The van der Waals surface area contributed by atoms with Crippen LogP contribution >= 0.6 is 0 Å². The maximum absolute atomic E-state index is 12.6. The number of likely N-dealkylation sites (tertiary alicyclic amines) is 2. The van der Waals surface area contributed by atoms with Crippen LogP contribution in [-0.2, 0) is 16.0 Å². The van der Waals surface area contributed by atoms with E-state index in [0.717, 1.165) is 63.2 Å². The molecule has 0 aliphatic carbocycles. The number of methoxy groups -OCH3 is 1. The maximum atomic E-state index is 12.6. The lowest BCUT2D eigenvalue weighted by Crippen LogP contribution is -2.50. The summed E-state index contributed by atoms with van der Waals surface area (Å²) < 4.78 is 10.9. The molecule has 5 heteroatoms. The molecule has 1 aromatic carbocycles. The van der Waals surface area contributed by atoms with E-state index in [1.54, 1.807) is 0 Å². The number of amides is 1. The molecule has 2 saturated heterocycles. The minimum Gasteiger partial charge on any atom is -0.494 e. The number of hydrogen-bond acceptors (Lipinski definition) is 4. The molecule has 0 N–H and O–H groups in total. The second-order valence-corrected chi connectivity index (χ2v) is 7.34. The van der Waals surface area contributed by atoms with E-state index in [1.807, 2.05) is 43.2 Å². The maximum Gasteiger partial charge on any atom is 0.226 e. The van der Waals surface area contributed by atoms with Crippen molar-refractivity contribution in [1.29, 1.82) is 0 Å². The minimum atomic E-state index is 0.241. The van der Waals surface area contributed by atoms with Gasteiger partial charge in [-0.3, -0.25) is 4.79 Å². The van der Waals surface area contributed by atoms with Gasteiger partial charge in [0.25, 0.3) is 0 Å². The van der Waals surface area contributed by atoms with Gasteiger partial charge in [0, 0.05) is 39.3 Å². The van der Waals surface area contributed by atoms with E-state index in [4.69, 9.17) is 9.47 Å². The Morgan fingerprint density at radius 1 is 1.04 bits per heavy atom. The Morgan fingerprint density at radius 3 is 2.27 bits per heavy atom. The summed E-state index contributed by atoms with van der Waals surface area (Å²) in [6.07, 6.45) is 5.36. The Labute approximate surface area is 157 Å². The number of nitrogens with zero attached hydrogens (tertiary/aromatic N) is 2. The van der Waals surface area contributed by atoms with Gasteiger partial charge in [0.1, 0.15) is 5.75 Å². The van der Waals surface area contributed by atoms with Crippen LogP contribution in [0.4, 0.5) is 0 Å². The highest BCUT2D eigenvalue weighted by molar-refractivity contribution is 5.78. The van der Waals surface area contributed by atoms with Crippen molar-refractivity contribution in [1.82, 2.24) is 9.80 Å². The molecule has 1 amide bonds. The van der Waals surface area contributed by atoms with Crippen LogP contribution in [0.2, 0.25) is 0 Å². The van der Waals surface area contributed by atoms with Crippen molar-refractivity contribution in [2.75, 3.05) is 39.9 Å². The molecular formula is C21H32N2O3. The van der Waals surface area contributed by atoms with E-state index >= 15 is 0 Å². The van der Waals surface area contributed by atoms with Crippen molar-refractivity contribution in [3.05, 3.63) is 29.8 Å². The van der Waals surface area contributed by atoms with E-state index in [-0.39, 0.29) is 5.91 Å². The summed E-state index contributed by atoms with van der Waals surface area (Å²) in [5.41, 5.74) is 1.06. The zero-order chi connectivity index (χ0) is 18.4. The van der Waals surface area contributed by atoms with Crippen molar-refractivity contribution < 1.29 is 14.3 Å². The summed E-state index contributed by atoms with van der Waals surface area (Å²) in [7, 11) is 1.81. The normalized spacial score (nSPS) is 20.3. The molecule has 26 heavy (non-hydrogen) atoms. The number of piperidine rings is 2. The summed E-state index contributed by atoms with van der Waals surface area (Å²) in [6, 6.07) is 8.51. The van der Waals surface area contributed by atoms with E-state index in [1.165, 1.54) is 0 Å². The smallest absolute Gasteiger partial charge is 0.226 e. The minimum absolute atomic E-state index is 0.241. The quantitative estimate of drug-likeness (QED) is 0.782. The lowest BCUT2D eigenvalue weighted by Gasteiger charge is -2.41. The van der Waals surface area contributed by atoms with Gasteiger partial charge in [0.2, 0.25) is 5.91 Å². The highest BCUT2D eigenvalue weighted by Crippen LogP contribution is 2.22. The zero-order valence-electron chi connectivity index (χ0n) is 16.2. The first-order valence-corrected chi connectivity index (χ1v) is 9.96. The summed E-state index contributed by atoms with van der Waals surface area (Å²) in [5, 5.41) is 0. The van der Waals surface area contributed by atoms with Crippen LogP contribution in [0, 0.1) is 0 Å². The number of rotatable bonds is 6. The molecule has 0 aromatic heterocycles. The SMILES string of the molecule is CCOc1ccc(CC(=O)N2CCC(N3CCC(OC)CC3)CC2)cc1. The second-order valence-electron chi connectivity index (χ2n) is 7.34. The number of ether oxygens (including phenoxy) is 2. The molecule has 0 atom stereocenters. The molecule has 0 bridgehead atoms. The Balaban J connectivity index is 1.43. The molecule has 3 rings (SSSR count). The lowest BCUT2D eigenvalue weighted by molar-refractivity contribution is -0.132. The van der Waals surface area contributed by atoms with Crippen molar-refractivity contribution in [2.45, 2.75) is 51.2 Å². The van der Waals surface area contributed by atoms with Crippen molar-refractivity contribution in [3.8, 4) is 5.75 Å². The van der Waals surface area contributed by atoms with Crippen LogP contribution in [0.1, 0.15) is 38.2 Å². The van der Waals surface area contributed by atoms with Crippen molar-refractivity contribution in [3.63, 3.8) is 0 Å². The van der Waals surface area contributed by atoms with E-state index in [9.17, 15) is 4.79 Å². The number of benzene rings is 1. The average molecular weight is 360 g/mol. The molecule has 0 unspecified atom stereocenters. The summed E-state index contributed by atoms with van der Waals surface area (Å²) in [6.45, 7) is 6.65. The van der Waals surface area contributed by atoms with Crippen LogP contribution in [-0.4, -0.2) is 67.7 Å². The van der Waals surface area contributed by atoms with Gasteiger partial charge in [-0.25, -0.2) is 0 Å². The fourth-order valence-electron chi connectivity index (χ4n) is 4.11. The van der Waals surface area contributed by atoms with Gasteiger partial charge in [-0.1, -0.05) is 12.1 Å². The highest BCUT2D eigenvalue weighted by Gasteiger charge is 2.29. The van der Waals surface area contributed by atoms with Gasteiger partial charge in [-0.15, -0.1) is 0 Å². The predicted octanol–water partition coefficient (Wildman–Crippen LogP) is 2.73. The zero-order valence-corrected chi connectivity index (χ0v) is 16.2. The lowest BCUT2D eigenvalue weighted by atomic mass is 9.98. The third-order valence-electron chi connectivity index (χ3n) is 5.73. The summed E-state index contributed by atoms with van der Waals surface area (Å²) >= 11 is 0. The monoisotopic (exact) mass is 360 g/mol. The molecule has 0 spiro atoms. The fraction of sp³-hybridized carbons (Fsp3) is 0.667. The summed E-state index contributed by atoms with van der Waals surface area (Å²) in [5.74, 6) is 1.10. The van der Waals surface area contributed by atoms with E-state index < -0.39 is 0 Å². The van der Waals surface area contributed by atoms with Crippen LogP contribution in [0.3, 0.4) is 0 Å². The molecule has 2 aliphatic heterocycles. The van der Waals surface area contributed by atoms with Crippen molar-refractivity contribution in [2.24, 2.45) is 0 Å². The van der Waals surface area contributed by atoms with Gasteiger partial charge in [-0.2, -0.15) is 0 Å². The molecule has 5 nitrogen and oxygen atoms in total. The standard InChI is InChI=1S/C21H32N2O3/c1-3-26-20-6-4-17(5-7-20)16-21(24)23-12-8-18(9-13-23)22-14-10-19(25-2)11-15-22/h4-7,18-19H,3,8-16H2,1-2H3. The first-order valence-electron chi connectivity index (χ1n) is 9.96. The van der Waals surface area contributed by atoms with E-state index in [2.05, 4.69) is 4.90 Å². The van der Waals surface area contributed by atoms with Crippen LogP contribution < -0.4 is 4.74 Å². The molecule has 1 aromatic rings. The largest absolute Gasteiger partial charge is 0.494 e. The Kier molecular flexibility index (Phi) is 6.92. The highest BCUT2D eigenvalue weighted by atomic mass is 16.5. The first kappa shape index (κ1) is 19.2. The van der Waals surface area contributed by atoms with Gasteiger partial charge in [-0.05, 0) is 50.3 Å². The number of hydrogen-bond donors (Lipinski definition) is 0. The van der Waals surface area contributed by atoms with Gasteiger partial charge in [0.15, 0.2) is 0 Å². The topological polar surface area (TPSA) is 42.0 Å². The Morgan fingerprint density at radius 2 is 1.69 bits per heavy atom. The van der Waals surface area contributed by atoms with Crippen molar-refractivity contribution >= 4 is 5.91 Å². The molecule has 2 fully saturated rings. The molecule has 2 heterocycles. The van der Waals surface area contributed by atoms with Gasteiger partial charge in [0.05, 0.1) is 19.1 Å². The Bertz CT molecular complexity index is 559. The van der Waals surface area contributed by atoms with Gasteiger partial charge < -0.3 is 19.3 Å². The molecule has 0 radical (unpaired) electrons. The molecule has 2 aliphatic rings. The van der Waals surface area contributed by atoms with Crippen LogP contribution in [0.5, 0.6) is 5.75 Å². The first-order chi connectivity index (χ1) is 12.7. The second kappa shape index (κ2) is 9.38. The summed E-state index contributed by atoms with van der Waals surface area (Å²) in [4.78, 5) is 17.2. The third-order valence-corrected chi connectivity index (χ3v) is 5.73. The van der Waals surface area contributed by atoms with Crippen LogP contribution in [0.25, 0.3) is 0 Å². The Hall–Kier alpha value is -1.59. The number of carbonyl (C=O) groups excluding carboxylic acids is 1. The third kappa shape index (κ3) is 4.98. The van der Waals surface area contributed by atoms with Gasteiger partial charge >= 0.3 is 0 Å². The molecule has 144 valence electrons.